The Hall–Kier alpha value is -0.460. The second-order valence-corrected chi connectivity index (χ2v) is 5.33. The van der Waals surface area contributed by atoms with Crippen molar-refractivity contribution in [1.82, 2.24) is 10.7 Å². The van der Waals surface area contributed by atoms with Crippen LogP contribution in [0.5, 0.6) is 0 Å². The number of rotatable bonds is 3. The molecule has 1 heterocycles. The first-order valence-electron chi connectivity index (χ1n) is 3.42. The molecule has 6 heteroatoms. The molecule has 1 aromatic heterocycles. The lowest BCUT2D eigenvalue weighted by molar-refractivity contribution is 0.594. The molecule has 0 aliphatic heterocycles. The second kappa shape index (κ2) is 3.51. The van der Waals surface area contributed by atoms with Crippen molar-refractivity contribution in [2.45, 2.75) is 18.5 Å². The molecule has 0 fully saturated rings. The van der Waals surface area contributed by atoms with Crippen LogP contribution in [0.25, 0.3) is 0 Å². The maximum Gasteiger partial charge on any atom is 0.196 e. The Morgan fingerprint density at radius 1 is 1.67 bits per heavy atom. The van der Waals surface area contributed by atoms with Crippen molar-refractivity contribution in [3.05, 3.63) is 10.4 Å². The summed E-state index contributed by atoms with van der Waals surface area (Å²) in [6.45, 7) is 1.62. The van der Waals surface area contributed by atoms with Gasteiger partial charge >= 0.3 is 0 Å². The molecular formula is C6H9N2O2S2. The highest BCUT2D eigenvalue weighted by Gasteiger charge is 2.14. The fourth-order valence-corrected chi connectivity index (χ4v) is 2.52. The van der Waals surface area contributed by atoms with Crippen LogP contribution in [0.4, 0.5) is 0 Å². The molecule has 0 aromatic carbocycles. The summed E-state index contributed by atoms with van der Waals surface area (Å²) in [5, 5.41) is 2.14. The number of aromatic nitrogens is 1. The summed E-state index contributed by atoms with van der Waals surface area (Å²) in [5.41, 5.74) is 6.97. The van der Waals surface area contributed by atoms with E-state index >= 15 is 0 Å². The van der Waals surface area contributed by atoms with Gasteiger partial charge in [0.2, 0.25) is 0 Å². The number of nitrogens with zero attached hydrogens (tertiary/aromatic N) is 1. The molecule has 1 radical (unpaired) electrons. The summed E-state index contributed by atoms with van der Waals surface area (Å²) >= 11 is 1.21. The SMILES string of the molecule is CCS(=O)(=O)c1csc(C[NH])n1. The Labute approximate surface area is 75.4 Å². The average Bonchev–Trinajstić information content (AvgIpc) is 2.52. The third-order valence-corrected chi connectivity index (χ3v) is 3.99. The maximum atomic E-state index is 11.2. The first kappa shape index (κ1) is 9.63. The van der Waals surface area contributed by atoms with Crippen LogP contribution in [-0.2, 0) is 16.4 Å². The molecule has 1 aromatic rings. The summed E-state index contributed by atoms with van der Waals surface area (Å²) < 4.78 is 22.4. The number of thiazole rings is 1. The van der Waals surface area contributed by atoms with Crippen LogP contribution in [-0.4, -0.2) is 19.2 Å². The van der Waals surface area contributed by atoms with E-state index in [0.717, 1.165) is 0 Å². The number of hydrogen-bond acceptors (Lipinski definition) is 4. The smallest absolute Gasteiger partial charge is 0.196 e. The molecule has 0 bridgehead atoms. The van der Waals surface area contributed by atoms with E-state index < -0.39 is 9.84 Å². The van der Waals surface area contributed by atoms with Crippen molar-refractivity contribution in [3.63, 3.8) is 0 Å². The molecule has 0 aliphatic rings. The van der Waals surface area contributed by atoms with Crippen molar-refractivity contribution in [2.24, 2.45) is 0 Å². The predicted octanol–water partition coefficient (Wildman–Crippen LogP) is 0.720. The largest absolute Gasteiger partial charge is 0.251 e. The quantitative estimate of drug-likeness (QED) is 0.730. The Kier molecular flexibility index (Phi) is 2.81. The molecule has 0 amide bonds. The fourth-order valence-electron chi connectivity index (χ4n) is 0.666. The molecule has 67 valence electrons. The Balaban J connectivity index is 3.05. The Morgan fingerprint density at radius 2 is 2.33 bits per heavy atom. The predicted molar refractivity (Wildman–Crippen MR) is 46.6 cm³/mol. The van der Waals surface area contributed by atoms with Gasteiger partial charge in [-0.25, -0.2) is 13.4 Å². The first-order valence-corrected chi connectivity index (χ1v) is 5.95. The highest BCUT2D eigenvalue weighted by Crippen LogP contribution is 2.15. The van der Waals surface area contributed by atoms with Crippen molar-refractivity contribution >= 4 is 21.2 Å². The molecular weight excluding hydrogens is 196 g/mol. The molecule has 0 atom stereocenters. The van der Waals surface area contributed by atoms with Crippen LogP contribution in [0.1, 0.15) is 11.9 Å². The van der Waals surface area contributed by atoms with E-state index in [1.54, 1.807) is 6.92 Å². The molecule has 0 saturated carbocycles. The van der Waals surface area contributed by atoms with Crippen LogP contribution in [0.3, 0.4) is 0 Å². The number of sulfone groups is 1. The van der Waals surface area contributed by atoms with Crippen LogP contribution < -0.4 is 5.73 Å². The number of hydrogen-bond donors (Lipinski definition) is 0. The molecule has 1 rings (SSSR count). The van der Waals surface area contributed by atoms with Gasteiger partial charge in [-0.15, -0.1) is 11.3 Å². The normalized spacial score (nSPS) is 11.8. The molecule has 4 nitrogen and oxygen atoms in total. The Morgan fingerprint density at radius 3 is 2.75 bits per heavy atom. The van der Waals surface area contributed by atoms with Gasteiger partial charge < -0.3 is 0 Å². The lowest BCUT2D eigenvalue weighted by atomic mass is 10.7. The lowest BCUT2D eigenvalue weighted by Crippen LogP contribution is -2.04. The van der Waals surface area contributed by atoms with E-state index in [4.69, 9.17) is 5.73 Å². The molecule has 0 unspecified atom stereocenters. The number of nitrogens with one attached hydrogen (secondary N) is 1. The molecule has 12 heavy (non-hydrogen) atoms. The lowest BCUT2D eigenvalue weighted by Gasteiger charge is -1.92. The highest BCUT2D eigenvalue weighted by molar-refractivity contribution is 7.91. The van der Waals surface area contributed by atoms with Crippen molar-refractivity contribution in [1.29, 1.82) is 0 Å². The van der Waals surface area contributed by atoms with Crippen LogP contribution in [0, 0.1) is 0 Å². The minimum absolute atomic E-state index is 0.0455. The van der Waals surface area contributed by atoms with E-state index in [9.17, 15) is 8.42 Å². The van der Waals surface area contributed by atoms with Gasteiger partial charge in [-0.05, 0) is 0 Å². The summed E-state index contributed by atoms with van der Waals surface area (Å²) in [7, 11) is -3.17. The zero-order valence-electron chi connectivity index (χ0n) is 6.57. The monoisotopic (exact) mass is 205 g/mol. The molecule has 0 aliphatic carbocycles. The van der Waals surface area contributed by atoms with E-state index in [1.165, 1.54) is 16.7 Å². The third kappa shape index (κ3) is 1.82. The van der Waals surface area contributed by atoms with E-state index in [0.29, 0.717) is 5.01 Å². The zero-order valence-corrected chi connectivity index (χ0v) is 8.20. The molecule has 0 spiro atoms. The van der Waals surface area contributed by atoms with Crippen LogP contribution in [0.2, 0.25) is 0 Å². The second-order valence-electron chi connectivity index (χ2n) is 2.16. The Bertz CT molecular complexity index is 355. The molecule has 0 saturated heterocycles. The van der Waals surface area contributed by atoms with Gasteiger partial charge in [-0.3, -0.25) is 5.73 Å². The summed E-state index contributed by atoms with van der Waals surface area (Å²) in [4.78, 5) is 3.81. The van der Waals surface area contributed by atoms with Gasteiger partial charge in [0.25, 0.3) is 0 Å². The standard InChI is InChI=1S/C6H9N2O2S2/c1-2-12(9,10)6-4-11-5(3-7)8-6/h4,7H,2-3H2,1H3. The first-order chi connectivity index (χ1) is 5.60. The van der Waals surface area contributed by atoms with Crippen molar-refractivity contribution in [2.75, 3.05) is 5.75 Å². The van der Waals surface area contributed by atoms with E-state index in [1.807, 2.05) is 0 Å². The summed E-state index contributed by atoms with van der Waals surface area (Å²) in [6, 6.07) is 0. The summed E-state index contributed by atoms with van der Waals surface area (Å²) in [5.74, 6) is 0.0637. The van der Waals surface area contributed by atoms with E-state index in [-0.39, 0.29) is 17.3 Å². The fraction of sp³-hybridized carbons (Fsp3) is 0.500. The van der Waals surface area contributed by atoms with Crippen molar-refractivity contribution < 1.29 is 8.42 Å². The van der Waals surface area contributed by atoms with Crippen LogP contribution in [0.15, 0.2) is 10.4 Å². The van der Waals surface area contributed by atoms with Gasteiger partial charge in [0, 0.05) is 5.38 Å². The van der Waals surface area contributed by atoms with Gasteiger partial charge in [-0.1, -0.05) is 6.92 Å². The average molecular weight is 205 g/mol. The minimum Gasteiger partial charge on any atom is -0.251 e. The topological polar surface area (TPSA) is 70.8 Å². The zero-order chi connectivity index (χ0) is 9.19. The van der Waals surface area contributed by atoms with E-state index in [2.05, 4.69) is 4.98 Å². The van der Waals surface area contributed by atoms with Gasteiger partial charge in [0.05, 0.1) is 12.3 Å². The van der Waals surface area contributed by atoms with Crippen LogP contribution >= 0.6 is 11.3 Å². The van der Waals surface area contributed by atoms with Gasteiger partial charge in [0.1, 0.15) is 5.01 Å². The maximum absolute atomic E-state index is 11.2. The highest BCUT2D eigenvalue weighted by atomic mass is 32.2. The van der Waals surface area contributed by atoms with Gasteiger partial charge in [0.15, 0.2) is 14.9 Å². The minimum atomic E-state index is -3.17. The van der Waals surface area contributed by atoms with Gasteiger partial charge in [-0.2, -0.15) is 0 Å². The molecule has 1 N–H and O–H groups in total. The van der Waals surface area contributed by atoms with Crippen molar-refractivity contribution in [3.8, 4) is 0 Å². The summed E-state index contributed by atoms with van der Waals surface area (Å²) in [6.07, 6.45) is 0. The third-order valence-electron chi connectivity index (χ3n) is 1.38.